The van der Waals surface area contributed by atoms with Crippen molar-refractivity contribution in [2.45, 2.75) is 44.8 Å². The first-order chi connectivity index (χ1) is 16.5. The van der Waals surface area contributed by atoms with E-state index in [-0.39, 0.29) is 6.61 Å². The topological polar surface area (TPSA) is 115 Å². The molecule has 0 bridgehead atoms. The summed E-state index contributed by atoms with van der Waals surface area (Å²) in [6.45, 7) is -0.180. The lowest BCUT2D eigenvalue weighted by Crippen LogP contribution is -2.46. The average Bonchev–Trinajstić information content (AvgIpc) is 3.34. The van der Waals surface area contributed by atoms with E-state index in [2.05, 4.69) is 9.97 Å². The summed E-state index contributed by atoms with van der Waals surface area (Å²) >= 11 is 3.15. The van der Waals surface area contributed by atoms with E-state index in [9.17, 15) is 14.4 Å². The molecule has 0 radical (unpaired) electrons. The molecule has 176 valence electrons. The van der Waals surface area contributed by atoms with Crippen LogP contribution in [0.25, 0.3) is 10.2 Å². The molecule has 34 heavy (non-hydrogen) atoms. The molecule has 0 saturated heterocycles. The standard InChI is InChI=1S/C24H24N4O4S2/c1-33-11-10-16(28-22(29)13-6-2-3-7-14(13)23(28)30)24(31)32-12-18-26-20(25)19-15-8-4-5-9-17(15)34-21(19)27-18/h2-3,6-7,16H,4-5,8-12H2,1H3,(H2,25,26,27). The van der Waals surface area contributed by atoms with Crippen molar-refractivity contribution in [1.29, 1.82) is 0 Å². The molecule has 1 aromatic carbocycles. The van der Waals surface area contributed by atoms with Gasteiger partial charge in [-0.1, -0.05) is 12.1 Å². The van der Waals surface area contributed by atoms with E-state index in [0.717, 1.165) is 40.8 Å². The van der Waals surface area contributed by atoms with Crippen LogP contribution in [0.5, 0.6) is 0 Å². The fraction of sp³-hybridized carbons (Fsp3) is 0.375. The van der Waals surface area contributed by atoms with Gasteiger partial charge in [-0.3, -0.25) is 14.5 Å². The number of ether oxygens (including phenoxy) is 1. The highest BCUT2D eigenvalue weighted by Gasteiger charge is 2.43. The van der Waals surface area contributed by atoms with Crippen molar-refractivity contribution >= 4 is 56.9 Å². The van der Waals surface area contributed by atoms with Crippen LogP contribution in [0.3, 0.4) is 0 Å². The zero-order chi connectivity index (χ0) is 23.8. The molecule has 0 fully saturated rings. The number of hydrogen-bond acceptors (Lipinski definition) is 9. The normalized spacial score (nSPS) is 16.0. The Labute approximate surface area is 204 Å². The Kier molecular flexibility index (Phi) is 6.26. The van der Waals surface area contributed by atoms with Crippen LogP contribution in [-0.2, 0) is 29.0 Å². The van der Waals surface area contributed by atoms with Crippen LogP contribution in [0.4, 0.5) is 5.82 Å². The number of imide groups is 1. The van der Waals surface area contributed by atoms with Crippen LogP contribution in [0, 0.1) is 0 Å². The van der Waals surface area contributed by atoms with E-state index >= 15 is 0 Å². The monoisotopic (exact) mass is 496 g/mol. The second-order valence-corrected chi connectivity index (χ2v) is 10.4. The number of rotatable bonds is 7. The fourth-order valence-corrected chi connectivity index (χ4v) is 6.35. The maximum atomic E-state index is 13.1. The molecule has 2 aromatic heterocycles. The van der Waals surface area contributed by atoms with Gasteiger partial charge in [-0.2, -0.15) is 11.8 Å². The van der Waals surface area contributed by atoms with Gasteiger partial charge in [-0.05, 0) is 61.8 Å². The number of hydrogen-bond donors (Lipinski definition) is 1. The number of carbonyl (C=O) groups excluding carboxylic acids is 3. The number of aromatic nitrogens is 2. The van der Waals surface area contributed by atoms with Crippen LogP contribution >= 0.6 is 23.1 Å². The third-order valence-electron chi connectivity index (χ3n) is 6.24. The van der Waals surface area contributed by atoms with Crippen molar-refractivity contribution in [3.05, 3.63) is 51.7 Å². The third kappa shape index (κ3) is 3.94. The van der Waals surface area contributed by atoms with Gasteiger partial charge in [0.1, 0.15) is 16.7 Å². The van der Waals surface area contributed by atoms with Gasteiger partial charge in [0.2, 0.25) is 0 Å². The first-order valence-corrected chi connectivity index (χ1v) is 13.4. The molecule has 10 heteroatoms. The smallest absolute Gasteiger partial charge is 0.329 e. The SMILES string of the molecule is CSCCC(C(=O)OCc1nc(N)c2c3c(sc2n1)CCCC3)N1C(=O)c2ccccc2C1=O. The van der Waals surface area contributed by atoms with Crippen molar-refractivity contribution in [3.8, 4) is 0 Å². The number of anilines is 1. The Hall–Kier alpha value is -2.98. The Morgan fingerprint density at radius 1 is 1.18 bits per heavy atom. The summed E-state index contributed by atoms with van der Waals surface area (Å²) in [6.07, 6.45) is 6.49. The van der Waals surface area contributed by atoms with Crippen molar-refractivity contribution in [3.63, 3.8) is 0 Å². The van der Waals surface area contributed by atoms with Crippen molar-refractivity contribution in [2.24, 2.45) is 0 Å². The van der Waals surface area contributed by atoms with Gasteiger partial charge >= 0.3 is 5.97 Å². The minimum Gasteiger partial charge on any atom is -0.456 e. The van der Waals surface area contributed by atoms with E-state index in [4.69, 9.17) is 10.5 Å². The zero-order valence-electron chi connectivity index (χ0n) is 18.7. The first-order valence-electron chi connectivity index (χ1n) is 11.2. The molecule has 1 aliphatic carbocycles. The predicted octanol–water partition coefficient (Wildman–Crippen LogP) is 3.61. The first kappa shape index (κ1) is 22.8. The molecule has 2 aliphatic rings. The minimum absolute atomic E-state index is 0.180. The fourth-order valence-electron chi connectivity index (χ4n) is 4.60. The highest BCUT2D eigenvalue weighted by Crippen LogP contribution is 2.37. The second kappa shape index (κ2) is 9.34. The van der Waals surface area contributed by atoms with Crippen LogP contribution in [0.2, 0.25) is 0 Å². The minimum atomic E-state index is -1.02. The molecule has 3 aromatic rings. The summed E-state index contributed by atoms with van der Waals surface area (Å²) in [5, 5.41) is 0.915. The molecule has 3 heterocycles. The molecule has 2 amide bonds. The maximum absolute atomic E-state index is 13.1. The Bertz CT molecular complexity index is 1270. The lowest BCUT2D eigenvalue weighted by molar-refractivity contribution is -0.150. The van der Waals surface area contributed by atoms with E-state index in [1.807, 2.05) is 6.26 Å². The van der Waals surface area contributed by atoms with Gasteiger partial charge in [-0.25, -0.2) is 14.8 Å². The Balaban J connectivity index is 1.36. The summed E-state index contributed by atoms with van der Waals surface area (Å²) in [5.74, 6) is -0.318. The number of nitrogens with two attached hydrogens (primary N) is 1. The molecular weight excluding hydrogens is 472 g/mol. The van der Waals surface area contributed by atoms with Gasteiger partial charge in [0, 0.05) is 4.88 Å². The number of nitrogen functional groups attached to an aromatic ring is 1. The Morgan fingerprint density at radius 3 is 2.59 bits per heavy atom. The van der Waals surface area contributed by atoms with Crippen molar-refractivity contribution in [2.75, 3.05) is 17.7 Å². The average molecular weight is 497 g/mol. The number of amides is 2. The molecule has 1 unspecified atom stereocenters. The summed E-state index contributed by atoms with van der Waals surface area (Å²) < 4.78 is 5.53. The molecule has 8 nitrogen and oxygen atoms in total. The van der Waals surface area contributed by atoms with Crippen molar-refractivity contribution in [1.82, 2.24) is 14.9 Å². The second-order valence-electron chi connectivity index (χ2n) is 8.35. The summed E-state index contributed by atoms with van der Waals surface area (Å²) in [4.78, 5) is 51.1. The highest BCUT2D eigenvalue weighted by molar-refractivity contribution is 7.98. The summed E-state index contributed by atoms with van der Waals surface area (Å²) in [6, 6.07) is 5.57. The molecule has 1 aliphatic heterocycles. The molecule has 2 N–H and O–H groups in total. The molecule has 0 spiro atoms. The zero-order valence-corrected chi connectivity index (χ0v) is 20.3. The van der Waals surface area contributed by atoms with Gasteiger partial charge in [-0.15, -0.1) is 11.3 Å². The Morgan fingerprint density at radius 2 is 1.88 bits per heavy atom. The highest BCUT2D eigenvalue weighted by atomic mass is 32.2. The summed E-state index contributed by atoms with van der Waals surface area (Å²) in [5.41, 5.74) is 8.11. The number of esters is 1. The lowest BCUT2D eigenvalue weighted by Gasteiger charge is -2.24. The largest absolute Gasteiger partial charge is 0.456 e. The van der Waals surface area contributed by atoms with Crippen molar-refractivity contribution < 1.29 is 19.1 Å². The number of carbonyl (C=O) groups is 3. The van der Waals surface area contributed by atoms with E-state index in [1.165, 1.54) is 22.2 Å². The number of benzene rings is 1. The third-order valence-corrected chi connectivity index (χ3v) is 8.07. The van der Waals surface area contributed by atoms with Gasteiger partial charge in [0.15, 0.2) is 12.4 Å². The van der Waals surface area contributed by atoms with Crippen LogP contribution in [0.15, 0.2) is 24.3 Å². The number of thiophene rings is 1. The molecule has 1 atom stereocenters. The van der Waals surface area contributed by atoms with Gasteiger partial charge < -0.3 is 10.5 Å². The number of fused-ring (bicyclic) bond motifs is 4. The van der Waals surface area contributed by atoms with Crippen LogP contribution in [-0.4, -0.2) is 50.7 Å². The molecule has 5 rings (SSSR count). The van der Waals surface area contributed by atoms with Gasteiger partial charge in [0.05, 0.1) is 16.5 Å². The molecule has 0 saturated carbocycles. The van der Waals surface area contributed by atoms with Gasteiger partial charge in [0.25, 0.3) is 11.8 Å². The number of aryl methyl sites for hydroxylation is 2. The van der Waals surface area contributed by atoms with E-state index < -0.39 is 23.8 Å². The van der Waals surface area contributed by atoms with E-state index in [1.54, 1.807) is 35.6 Å². The van der Waals surface area contributed by atoms with E-state index in [0.29, 0.717) is 34.9 Å². The number of thioether (sulfide) groups is 1. The molecular formula is C24H24N4O4S2. The lowest BCUT2D eigenvalue weighted by atomic mass is 9.97. The number of nitrogens with zero attached hydrogens (tertiary/aromatic N) is 3. The quantitative estimate of drug-likeness (QED) is 0.390. The summed E-state index contributed by atoms with van der Waals surface area (Å²) in [7, 11) is 0. The van der Waals surface area contributed by atoms with Crippen LogP contribution in [0.1, 0.15) is 56.2 Å². The predicted molar refractivity (Wildman–Crippen MR) is 132 cm³/mol. The maximum Gasteiger partial charge on any atom is 0.329 e. The van der Waals surface area contributed by atoms with Crippen LogP contribution < -0.4 is 5.73 Å².